The molecule has 0 fully saturated rings. The van der Waals surface area contributed by atoms with E-state index in [1.807, 2.05) is 24.8 Å². The number of thiazole rings is 1. The molecule has 0 spiro atoms. The van der Waals surface area contributed by atoms with E-state index >= 15 is 0 Å². The van der Waals surface area contributed by atoms with Crippen LogP contribution >= 0.6 is 11.3 Å². The Balaban J connectivity index is 1.91. The zero-order valence-corrected chi connectivity index (χ0v) is 9.64. The van der Waals surface area contributed by atoms with Crippen molar-refractivity contribution in [3.8, 4) is 0 Å². The average Bonchev–Trinajstić information content (AvgIpc) is 2.85. The van der Waals surface area contributed by atoms with Crippen LogP contribution < -0.4 is 5.32 Å². The molecular weight excluding hydrogens is 208 g/mol. The third-order valence-corrected chi connectivity index (χ3v) is 3.37. The molecule has 0 radical (unpaired) electrons. The van der Waals surface area contributed by atoms with Crippen LogP contribution in [-0.4, -0.2) is 15.2 Å². The predicted octanol–water partition coefficient (Wildman–Crippen LogP) is 2.03. The maximum Gasteiger partial charge on any atom is 0.0794 e. The first-order valence-corrected chi connectivity index (χ1v) is 5.76. The summed E-state index contributed by atoms with van der Waals surface area (Å²) < 4.78 is 0. The Morgan fingerprint density at radius 3 is 3.00 bits per heavy atom. The van der Waals surface area contributed by atoms with E-state index in [1.165, 1.54) is 10.4 Å². The van der Waals surface area contributed by atoms with Gasteiger partial charge in [-0.15, -0.1) is 11.3 Å². The molecule has 2 aromatic rings. The number of aromatic nitrogens is 3. The van der Waals surface area contributed by atoms with Crippen LogP contribution in [0.2, 0.25) is 0 Å². The molecular formula is C10H14N4S. The Morgan fingerprint density at radius 1 is 1.53 bits per heavy atom. The van der Waals surface area contributed by atoms with Gasteiger partial charge >= 0.3 is 0 Å². The summed E-state index contributed by atoms with van der Waals surface area (Å²) in [6.07, 6.45) is 3.77. The second-order valence-electron chi connectivity index (χ2n) is 3.53. The molecule has 1 atom stereocenters. The lowest BCUT2D eigenvalue weighted by Crippen LogP contribution is -2.17. The third kappa shape index (κ3) is 2.43. The van der Waals surface area contributed by atoms with Crippen molar-refractivity contribution in [1.29, 1.82) is 0 Å². The van der Waals surface area contributed by atoms with E-state index < -0.39 is 0 Å². The van der Waals surface area contributed by atoms with Gasteiger partial charge in [-0.25, -0.2) is 0 Å². The van der Waals surface area contributed by atoms with Crippen LogP contribution in [-0.2, 0) is 6.54 Å². The Bertz CT molecular complexity index is 407. The second-order valence-corrected chi connectivity index (χ2v) is 4.44. The van der Waals surface area contributed by atoms with Gasteiger partial charge in [0.25, 0.3) is 0 Å². The van der Waals surface area contributed by atoms with Gasteiger partial charge in [-0.1, -0.05) is 0 Å². The van der Waals surface area contributed by atoms with Gasteiger partial charge in [-0.3, -0.25) is 10.1 Å². The molecule has 4 nitrogen and oxygen atoms in total. The number of rotatable bonds is 4. The average molecular weight is 222 g/mol. The van der Waals surface area contributed by atoms with Crippen molar-refractivity contribution in [2.75, 3.05) is 0 Å². The molecule has 5 heteroatoms. The number of aromatic amines is 1. The molecule has 0 aliphatic carbocycles. The summed E-state index contributed by atoms with van der Waals surface area (Å²) in [5.41, 5.74) is 4.20. The Kier molecular flexibility index (Phi) is 3.13. The molecule has 0 saturated carbocycles. The summed E-state index contributed by atoms with van der Waals surface area (Å²) >= 11 is 1.68. The summed E-state index contributed by atoms with van der Waals surface area (Å²) in [5.74, 6) is 0. The number of aryl methyl sites for hydroxylation is 1. The maximum atomic E-state index is 4.07. The van der Waals surface area contributed by atoms with Crippen LogP contribution in [0, 0.1) is 6.92 Å². The van der Waals surface area contributed by atoms with Crippen molar-refractivity contribution in [3.63, 3.8) is 0 Å². The molecule has 0 saturated heterocycles. The number of nitrogens with one attached hydrogen (secondary N) is 2. The molecule has 0 bridgehead atoms. The standard InChI is InChI=1S/C10H14N4S/c1-7-9(4-13-14-7)3-12-8(2)10-5-11-6-15-10/h4-6,8,12H,3H2,1-2H3,(H,13,14). The SMILES string of the molecule is Cc1[nH]ncc1CNC(C)c1cncs1. The minimum Gasteiger partial charge on any atom is -0.305 e. The van der Waals surface area contributed by atoms with Gasteiger partial charge in [0.1, 0.15) is 0 Å². The summed E-state index contributed by atoms with van der Waals surface area (Å²) in [5, 5.41) is 10.4. The molecule has 80 valence electrons. The quantitative estimate of drug-likeness (QED) is 0.832. The zero-order valence-electron chi connectivity index (χ0n) is 8.82. The van der Waals surface area contributed by atoms with Crippen molar-refractivity contribution in [2.45, 2.75) is 26.4 Å². The molecule has 15 heavy (non-hydrogen) atoms. The van der Waals surface area contributed by atoms with Crippen molar-refractivity contribution in [1.82, 2.24) is 20.5 Å². The second kappa shape index (κ2) is 4.55. The highest BCUT2D eigenvalue weighted by molar-refractivity contribution is 7.09. The fourth-order valence-electron chi connectivity index (χ4n) is 1.36. The van der Waals surface area contributed by atoms with Crippen LogP contribution in [0.3, 0.4) is 0 Å². The van der Waals surface area contributed by atoms with E-state index in [0.717, 1.165) is 12.2 Å². The topological polar surface area (TPSA) is 53.6 Å². The molecule has 2 rings (SSSR count). The van der Waals surface area contributed by atoms with Crippen LogP contribution in [0.15, 0.2) is 17.9 Å². The summed E-state index contributed by atoms with van der Waals surface area (Å²) in [4.78, 5) is 5.33. The Morgan fingerprint density at radius 2 is 2.40 bits per heavy atom. The summed E-state index contributed by atoms with van der Waals surface area (Å²) in [6, 6.07) is 0.340. The first-order chi connectivity index (χ1) is 7.27. The molecule has 2 aromatic heterocycles. The molecule has 2 heterocycles. The largest absolute Gasteiger partial charge is 0.305 e. The Labute approximate surface area is 92.8 Å². The van der Waals surface area contributed by atoms with Gasteiger partial charge in [0.15, 0.2) is 0 Å². The van der Waals surface area contributed by atoms with Crippen LogP contribution in [0.5, 0.6) is 0 Å². The number of H-pyrrole nitrogens is 1. The monoisotopic (exact) mass is 222 g/mol. The predicted molar refractivity (Wildman–Crippen MR) is 60.7 cm³/mol. The smallest absolute Gasteiger partial charge is 0.0794 e. The fourth-order valence-corrected chi connectivity index (χ4v) is 2.01. The molecule has 1 unspecified atom stereocenters. The maximum absolute atomic E-state index is 4.07. The van der Waals surface area contributed by atoms with Gasteiger partial charge < -0.3 is 5.32 Å². The first-order valence-electron chi connectivity index (χ1n) is 4.88. The van der Waals surface area contributed by atoms with Gasteiger partial charge in [0.05, 0.1) is 11.7 Å². The summed E-state index contributed by atoms with van der Waals surface area (Å²) in [7, 11) is 0. The van der Waals surface area contributed by atoms with Crippen molar-refractivity contribution in [3.05, 3.63) is 34.0 Å². The lowest BCUT2D eigenvalue weighted by Gasteiger charge is -2.10. The molecule has 0 amide bonds. The van der Waals surface area contributed by atoms with E-state index in [1.54, 1.807) is 11.3 Å². The highest BCUT2D eigenvalue weighted by atomic mass is 32.1. The van der Waals surface area contributed by atoms with E-state index in [0.29, 0.717) is 6.04 Å². The van der Waals surface area contributed by atoms with Gasteiger partial charge in [0, 0.05) is 34.9 Å². The zero-order chi connectivity index (χ0) is 10.7. The number of nitrogens with zero attached hydrogens (tertiary/aromatic N) is 2. The number of hydrogen-bond acceptors (Lipinski definition) is 4. The van der Waals surface area contributed by atoms with Crippen LogP contribution in [0.25, 0.3) is 0 Å². The van der Waals surface area contributed by atoms with Crippen LogP contribution in [0.1, 0.15) is 29.1 Å². The minimum absolute atomic E-state index is 0.340. The number of hydrogen-bond donors (Lipinski definition) is 2. The Hall–Kier alpha value is -1.20. The van der Waals surface area contributed by atoms with Gasteiger partial charge in [-0.2, -0.15) is 5.10 Å². The molecule has 0 aliphatic rings. The fraction of sp³-hybridized carbons (Fsp3) is 0.400. The molecule has 2 N–H and O–H groups in total. The minimum atomic E-state index is 0.340. The highest BCUT2D eigenvalue weighted by Crippen LogP contribution is 2.16. The van der Waals surface area contributed by atoms with Gasteiger partial charge in [0.2, 0.25) is 0 Å². The molecule has 0 aliphatic heterocycles. The van der Waals surface area contributed by atoms with Gasteiger partial charge in [-0.05, 0) is 13.8 Å². The normalized spacial score (nSPS) is 12.9. The van der Waals surface area contributed by atoms with E-state index in [4.69, 9.17) is 0 Å². The van der Waals surface area contributed by atoms with Crippen molar-refractivity contribution in [2.24, 2.45) is 0 Å². The first kappa shape index (κ1) is 10.3. The highest BCUT2D eigenvalue weighted by Gasteiger charge is 2.07. The van der Waals surface area contributed by atoms with E-state index in [2.05, 4.69) is 27.4 Å². The van der Waals surface area contributed by atoms with Crippen molar-refractivity contribution < 1.29 is 0 Å². The summed E-state index contributed by atoms with van der Waals surface area (Å²) in [6.45, 7) is 5.01. The van der Waals surface area contributed by atoms with Crippen molar-refractivity contribution >= 4 is 11.3 Å². The van der Waals surface area contributed by atoms with E-state index in [-0.39, 0.29) is 0 Å². The lowest BCUT2D eigenvalue weighted by molar-refractivity contribution is 0.581. The van der Waals surface area contributed by atoms with Crippen LogP contribution in [0.4, 0.5) is 0 Å². The lowest BCUT2D eigenvalue weighted by atomic mass is 10.2. The van der Waals surface area contributed by atoms with E-state index in [9.17, 15) is 0 Å². The third-order valence-electron chi connectivity index (χ3n) is 2.41. The molecule has 0 aromatic carbocycles.